The molecule has 2 amide bonds. The molecular weight excluding hydrogens is 236 g/mol. The molecule has 6 heteroatoms. The fourth-order valence-electron chi connectivity index (χ4n) is 0.959. The van der Waals surface area contributed by atoms with Gasteiger partial charge in [-0.1, -0.05) is 13.2 Å². The highest BCUT2D eigenvalue weighted by atomic mass is 16.5. The van der Waals surface area contributed by atoms with E-state index in [1.165, 1.54) is 12.2 Å². The van der Waals surface area contributed by atoms with Crippen LogP contribution in [0, 0.1) is 0 Å². The maximum absolute atomic E-state index is 10.7. The molecule has 0 aromatic carbocycles. The van der Waals surface area contributed by atoms with Crippen LogP contribution in [0.15, 0.2) is 25.3 Å². The summed E-state index contributed by atoms with van der Waals surface area (Å²) in [6, 6.07) is 0. The molecule has 106 valence electrons. The van der Waals surface area contributed by atoms with Crippen LogP contribution in [0.2, 0.25) is 0 Å². The Balaban J connectivity index is -0.00000144. The molecule has 18 heavy (non-hydrogen) atoms. The van der Waals surface area contributed by atoms with E-state index in [1.54, 1.807) is 0 Å². The van der Waals surface area contributed by atoms with Crippen molar-refractivity contribution in [3.8, 4) is 0 Å². The van der Waals surface area contributed by atoms with E-state index in [4.69, 9.17) is 9.47 Å². The second-order valence-electron chi connectivity index (χ2n) is 3.22. The third-order valence-electron chi connectivity index (χ3n) is 1.83. The fraction of sp³-hybridized carbons (Fsp3) is 0.500. The van der Waals surface area contributed by atoms with E-state index >= 15 is 0 Å². The zero-order valence-electron chi connectivity index (χ0n) is 10.4. The predicted molar refractivity (Wildman–Crippen MR) is 72.3 cm³/mol. The summed E-state index contributed by atoms with van der Waals surface area (Å²) < 4.78 is 10.4. The maximum Gasteiger partial charge on any atom is 0.243 e. The van der Waals surface area contributed by atoms with Crippen LogP contribution in [0.3, 0.4) is 0 Å². The summed E-state index contributed by atoms with van der Waals surface area (Å²) in [6.45, 7) is 9.28. The number of carbonyl (C=O) groups is 2. The molecule has 0 spiro atoms. The molecule has 0 rings (SSSR count). The van der Waals surface area contributed by atoms with Crippen LogP contribution >= 0.6 is 0 Å². The zero-order chi connectivity index (χ0) is 13.6. The SMILES string of the molecule is C=CC(=O)NCCOCCOCCNC(=O)C=C.[HH].[HH]. The summed E-state index contributed by atoms with van der Waals surface area (Å²) in [6.07, 6.45) is 2.42. The van der Waals surface area contributed by atoms with E-state index in [0.29, 0.717) is 39.5 Å². The second kappa shape index (κ2) is 11.8. The van der Waals surface area contributed by atoms with E-state index in [9.17, 15) is 9.59 Å². The van der Waals surface area contributed by atoms with E-state index in [-0.39, 0.29) is 14.7 Å². The molecule has 0 aliphatic rings. The molecule has 0 bridgehead atoms. The molecule has 0 aliphatic carbocycles. The number of ether oxygens (including phenoxy) is 2. The minimum Gasteiger partial charge on any atom is -0.377 e. The molecule has 0 aromatic heterocycles. The van der Waals surface area contributed by atoms with Gasteiger partial charge in [-0.3, -0.25) is 9.59 Å². The molecule has 0 fully saturated rings. The Bertz CT molecular complexity index is 261. The first-order valence-corrected chi connectivity index (χ1v) is 5.66. The van der Waals surface area contributed by atoms with Gasteiger partial charge in [-0.15, -0.1) is 0 Å². The largest absolute Gasteiger partial charge is 0.377 e. The first kappa shape index (κ1) is 16.3. The van der Waals surface area contributed by atoms with E-state index in [2.05, 4.69) is 23.8 Å². The highest BCUT2D eigenvalue weighted by Gasteiger charge is 1.94. The second-order valence-corrected chi connectivity index (χ2v) is 3.22. The summed E-state index contributed by atoms with van der Waals surface area (Å²) in [7, 11) is 0. The first-order chi connectivity index (χ1) is 8.70. The average Bonchev–Trinajstić information content (AvgIpc) is 2.40. The van der Waals surface area contributed by atoms with Gasteiger partial charge in [0.1, 0.15) is 0 Å². The Hall–Kier alpha value is -1.66. The topological polar surface area (TPSA) is 76.7 Å². The molecule has 2 N–H and O–H groups in total. The first-order valence-electron chi connectivity index (χ1n) is 5.66. The lowest BCUT2D eigenvalue weighted by atomic mass is 10.5. The molecule has 0 radical (unpaired) electrons. The summed E-state index contributed by atoms with van der Waals surface area (Å²) in [5, 5.41) is 5.17. The Morgan fingerprint density at radius 2 is 1.28 bits per heavy atom. The van der Waals surface area contributed by atoms with E-state index in [1.807, 2.05) is 0 Å². The molecular formula is C12H24N2O4. The fourth-order valence-corrected chi connectivity index (χ4v) is 0.959. The van der Waals surface area contributed by atoms with Crippen molar-refractivity contribution in [2.24, 2.45) is 0 Å². The van der Waals surface area contributed by atoms with Crippen molar-refractivity contribution in [2.75, 3.05) is 39.5 Å². The monoisotopic (exact) mass is 260 g/mol. The van der Waals surface area contributed by atoms with Crippen molar-refractivity contribution in [1.29, 1.82) is 0 Å². The quantitative estimate of drug-likeness (QED) is 0.408. The van der Waals surface area contributed by atoms with Gasteiger partial charge in [-0.25, -0.2) is 0 Å². The maximum atomic E-state index is 10.7. The molecule has 0 unspecified atom stereocenters. The van der Waals surface area contributed by atoms with Gasteiger partial charge in [0.15, 0.2) is 0 Å². The Labute approximate surface area is 110 Å². The van der Waals surface area contributed by atoms with Gasteiger partial charge >= 0.3 is 0 Å². The minimum atomic E-state index is -0.215. The zero-order valence-corrected chi connectivity index (χ0v) is 10.4. The molecule has 0 aliphatic heterocycles. The minimum absolute atomic E-state index is 0. The average molecular weight is 260 g/mol. The van der Waals surface area contributed by atoms with Crippen LogP contribution in [0.1, 0.15) is 2.85 Å². The molecule has 0 saturated carbocycles. The molecule has 0 heterocycles. The van der Waals surface area contributed by atoms with Crippen LogP contribution in [-0.4, -0.2) is 51.3 Å². The van der Waals surface area contributed by atoms with Gasteiger partial charge in [0, 0.05) is 15.9 Å². The number of nitrogens with one attached hydrogen (secondary N) is 2. The van der Waals surface area contributed by atoms with Gasteiger partial charge in [-0.05, 0) is 12.2 Å². The molecule has 6 nitrogen and oxygen atoms in total. The summed E-state index contributed by atoms with van der Waals surface area (Å²) in [5.41, 5.74) is 0. The Morgan fingerprint density at radius 3 is 1.61 bits per heavy atom. The molecule has 0 aromatic rings. The summed E-state index contributed by atoms with van der Waals surface area (Å²) in [5.74, 6) is -0.430. The van der Waals surface area contributed by atoms with E-state index in [0.717, 1.165) is 0 Å². The molecule has 0 saturated heterocycles. The lowest BCUT2D eigenvalue weighted by Gasteiger charge is -2.06. The lowest BCUT2D eigenvalue weighted by molar-refractivity contribution is -0.117. The summed E-state index contributed by atoms with van der Waals surface area (Å²) in [4.78, 5) is 21.5. The van der Waals surface area contributed by atoms with Crippen LogP contribution in [0.4, 0.5) is 0 Å². The number of amides is 2. The van der Waals surface area contributed by atoms with Crippen LogP contribution in [0.25, 0.3) is 0 Å². The summed E-state index contributed by atoms with van der Waals surface area (Å²) >= 11 is 0. The Kier molecular flexibility index (Phi) is 10.7. The van der Waals surface area contributed by atoms with Crippen molar-refractivity contribution in [2.45, 2.75) is 0 Å². The smallest absolute Gasteiger partial charge is 0.243 e. The van der Waals surface area contributed by atoms with Gasteiger partial charge in [0.05, 0.1) is 26.4 Å². The van der Waals surface area contributed by atoms with Crippen LogP contribution in [0.5, 0.6) is 0 Å². The number of carbonyl (C=O) groups excluding carboxylic acids is 2. The number of hydrogen-bond acceptors (Lipinski definition) is 4. The van der Waals surface area contributed by atoms with Crippen molar-refractivity contribution in [3.63, 3.8) is 0 Å². The third-order valence-corrected chi connectivity index (χ3v) is 1.83. The third kappa shape index (κ3) is 10.8. The normalized spacial score (nSPS) is 9.56. The van der Waals surface area contributed by atoms with Crippen molar-refractivity contribution < 1.29 is 21.9 Å². The van der Waals surface area contributed by atoms with E-state index < -0.39 is 0 Å². The van der Waals surface area contributed by atoms with Gasteiger partial charge in [0.2, 0.25) is 11.8 Å². The standard InChI is InChI=1S/C12H20N2O4.2H2/c1-3-11(15)13-5-7-17-9-10-18-8-6-14-12(16)4-2;;/h3-4H,1-2,5-10H2,(H,13,15)(H,14,16);2*1H. The number of rotatable bonds is 11. The van der Waals surface area contributed by atoms with Gasteiger partial charge in [-0.2, -0.15) is 0 Å². The molecule has 0 atom stereocenters. The Morgan fingerprint density at radius 1 is 0.889 bits per heavy atom. The lowest BCUT2D eigenvalue weighted by Crippen LogP contribution is -2.26. The van der Waals surface area contributed by atoms with Crippen molar-refractivity contribution in [1.82, 2.24) is 10.6 Å². The predicted octanol–water partition coefficient (Wildman–Crippen LogP) is 0.116. The highest BCUT2D eigenvalue weighted by Crippen LogP contribution is 1.78. The van der Waals surface area contributed by atoms with Gasteiger partial charge < -0.3 is 20.1 Å². The van der Waals surface area contributed by atoms with Gasteiger partial charge in [0.25, 0.3) is 0 Å². The highest BCUT2D eigenvalue weighted by molar-refractivity contribution is 5.87. The number of hydrogen-bond donors (Lipinski definition) is 2. The van der Waals surface area contributed by atoms with Crippen molar-refractivity contribution >= 4 is 11.8 Å². The van der Waals surface area contributed by atoms with Crippen molar-refractivity contribution in [3.05, 3.63) is 25.3 Å². The van der Waals surface area contributed by atoms with Crippen LogP contribution < -0.4 is 10.6 Å². The van der Waals surface area contributed by atoms with Crippen LogP contribution in [-0.2, 0) is 19.1 Å².